The van der Waals surface area contributed by atoms with Gasteiger partial charge in [-0.05, 0) is 37.6 Å². The van der Waals surface area contributed by atoms with Crippen molar-refractivity contribution in [1.82, 2.24) is 4.90 Å². The van der Waals surface area contributed by atoms with E-state index in [1.165, 1.54) is 0 Å². The number of nitrogens with zero attached hydrogens (tertiary/aromatic N) is 1. The van der Waals surface area contributed by atoms with Crippen LogP contribution in [0.5, 0.6) is 0 Å². The molecule has 0 aliphatic carbocycles. The summed E-state index contributed by atoms with van der Waals surface area (Å²) in [4.78, 5) is 2.15. The van der Waals surface area contributed by atoms with Crippen LogP contribution in [0.25, 0.3) is 0 Å². The summed E-state index contributed by atoms with van der Waals surface area (Å²) in [6, 6.07) is 19.1. The van der Waals surface area contributed by atoms with Gasteiger partial charge in [0.25, 0.3) is 0 Å². The summed E-state index contributed by atoms with van der Waals surface area (Å²) in [5.41, 5.74) is 0.0724. The molecular weight excluding hydrogens is 249 g/mol. The molecule has 3 rings (SSSR count). The van der Waals surface area contributed by atoms with Gasteiger partial charge in [0.15, 0.2) is 5.67 Å². The molecule has 20 heavy (non-hydrogen) atoms. The summed E-state index contributed by atoms with van der Waals surface area (Å²) < 4.78 is 16.2. The van der Waals surface area contributed by atoms with Gasteiger partial charge in [0, 0.05) is 0 Å². The molecule has 1 nitrogen and oxygen atoms in total. The lowest BCUT2D eigenvalue weighted by molar-refractivity contribution is 0.0950. The Balaban J connectivity index is 2.13. The molecule has 2 aromatic rings. The van der Waals surface area contributed by atoms with Gasteiger partial charge in [0.05, 0.1) is 6.04 Å². The standard InChI is InChI=1S/C18H20FN/c1-20-14-8-13-17(20)18(19,15-9-4-2-5-10-15)16-11-6-3-7-12-16/h2-7,9-12,17H,8,13-14H2,1H3/t17-/m0/s1. The van der Waals surface area contributed by atoms with Crippen molar-refractivity contribution in [3.05, 3.63) is 71.8 Å². The van der Waals surface area contributed by atoms with E-state index in [4.69, 9.17) is 0 Å². The first-order valence-electron chi connectivity index (χ1n) is 7.23. The largest absolute Gasteiger partial charge is 0.300 e. The average molecular weight is 269 g/mol. The average Bonchev–Trinajstić information content (AvgIpc) is 2.95. The smallest absolute Gasteiger partial charge is 0.176 e. The Labute approximate surface area is 120 Å². The molecule has 1 saturated heterocycles. The van der Waals surface area contributed by atoms with Gasteiger partial charge in [-0.25, -0.2) is 4.39 Å². The Kier molecular flexibility index (Phi) is 3.58. The lowest BCUT2D eigenvalue weighted by atomic mass is 9.81. The number of benzene rings is 2. The summed E-state index contributed by atoms with van der Waals surface area (Å²) in [5.74, 6) is 0. The summed E-state index contributed by atoms with van der Waals surface area (Å²) in [5, 5.41) is 0. The molecule has 1 aliphatic rings. The number of hydrogen-bond acceptors (Lipinski definition) is 1. The second kappa shape index (κ2) is 5.37. The molecule has 0 amide bonds. The van der Waals surface area contributed by atoms with Crippen LogP contribution in [0.2, 0.25) is 0 Å². The van der Waals surface area contributed by atoms with Gasteiger partial charge < -0.3 is 0 Å². The lowest BCUT2D eigenvalue weighted by Crippen LogP contribution is -2.43. The van der Waals surface area contributed by atoms with Crippen LogP contribution in [0.4, 0.5) is 4.39 Å². The number of likely N-dealkylation sites (N-methyl/N-ethyl adjacent to an activating group) is 1. The van der Waals surface area contributed by atoms with E-state index in [0.717, 1.165) is 30.5 Å². The summed E-state index contributed by atoms with van der Waals surface area (Å²) in [7, 11) is 2.03. The van der Waals surface area contributed by atoms with Gasteiger partial charge in [-0.15, -0.1) is 0 Å². The van der Waals surface area contributed by atoms with E-state index in [9.17, 15) is 0 Å². The van der Waals surface area contributed by atoms with Crippen LogP contribution in [0.3, 0.4) is 0 Å². The summed E-state index contributed by atoms with van der Waals surface area (Å²) >= 11 is 0. The second-order valence-electron chi connectivity index (χ2n) is 5.58. The maximum absolute atomic E-state index is 16.2. The van der Waals surface area contributed by atoms with Crippen LogP contribution in [-0.4, -0.2) is 24.5 Å². The molecule has 1 fully saturated rings. The van der Waals surface area contributed by atoms with Crippen LogP contribution in [0, 0.1) is 0 Å². The van der Waals surface area contributed by atoms with E-state index >= 15 is 4.39 Å². The maximum Gasteiger partial charge on any atom is 0.176 e. The van der Waals surface area contributed by atoms with Crippen molar-refractivity contribution in [2.24, 2.45) is 0 Å². The third kappa shape index (κ3) is 2.14. The molecule has 0 radical (unpaired) electrons. The normalized spacial score (nSPS) is 20.2. The Hall–Kier alpha value is -1.67. The van der Waals surface area contributed by atoms with E-state index in [1.54, 1.807) is 0 Å². The Morgan fingerprint density at radius 2 is 1.45 bits per heavy atom. The zero-order chi connectivity index (χ0) is 14.0. The van der Waals surface area contributed by atoms with Crippen molar-refractivity contribution in [2.75, 3.05) is 13.6 Å². The van der Waals surface area contributed by atoms with Crippen molar-refractivity contribution >= 4 is 0 Å². The van der Waals surface area contributed by atoms with Crippen LogP contribution >= 0.6 is 0 Å². The third-order valence-corrected chi connectivity index (χ3v) is 4.37. The minimum absolute atomic E-state index is 0.0905. The first-order valence-corrected chi connectivity index (χ1v) is 7.23. The van der Waals surface area contributed by atoms with E-state index in [1.807, 2.05) is 67.7 Å². The predicted molar refractivity (Wildman–Crippen MR) is 80.4 cm³/mol. The van der Waals surface area contributed by atoms with Crippen molar-refractivity contribution < 1.29 is 4.39 Å². The lowest BCUT2D eigenvalue weighted by Gasteiger charge is -2.36. The third-order valence-electron chi connectivity index (χ3n) is 4.37. The highest BCUT2D eigenvalue weighted by atomic mass is 19.1. The molecule has 0 aromatic heterocycles. The Morgan fingerprint density at radius 3 is 1.85 bits per heavy atom. The van der Waals surface area contributed by atoms with Gasteiger partial charge in [-0.1, -0.05) is 60.7 Å². The van der Waals surface area contributed by atoms with Crippen LogP contribution in [0.1, 0.15) is 24.0 Å². The van der Waals surface area contributed by atoms with Crippen molar-refractivity contribution in [3.8, 4) is 0 Å². The maximum atomic E-state index is 16.2. The quantitative estimate of drug-likeness (QED) is 0.814. The van der Waals surface area contributed by atoms with E-state index in [-0.39, 0.29) is 6.04 Å². The van der Waals surface area contributed by atoms with Gasteiger partial charge in [-0.3, -0.25) is 4.90 Å². The number of alkyl halides is 1. The van der Waals surface area contributed by atoms with Crippen molar-refractivity contribution in [3.63, 3.8) is 0 Å². The van der Waals surface area contributed by atoms with Crippen molar-refractivity contribution in [2.45, 2.75) is 24.6 Å². The highest BCUT2D eigenvalue weighted by Gasteiger charge is 2.46. The molecule has 2 aromatic carbocycles. The minimum Gasteiger partial charge on any atom is -0.300 e. The first-order chi connectivity index (χ1) is 9.73. The number of likely N-dealkylation sites (tertiary alicyclic amines) is 1. The molecular formula is C18H20FN. The molecule has 104 valence electrons. The highest BCUT2D eigenvalue weighted by molar-refractivity contribution is 5.38. The van der Waals surface area contributed by atoms with Crippen molar-refractivity contribution in [1.29, 1.82) is 0 Å². The highest BCUT2D eigenvalue weighted by Crippen LogP contribution is 2.42. The number of halogens is 1. The minimum atomic E-state index is -1.44. The zero-order valence-electron chi connectivity index (χ0n) is 11.8. The van der Waals surface area contributed by atoms with Gasteiger partial charge in [0.1, 0.15) is 0 Å². The molecule has 1 aliphatic heterocycles. The summed E-state index contributed by atoms with van der Waals surface area (Å²) in [6.45, 7) is 0.968. The molecule has 1 heterocycles. The molecule has 1 atom stereocenters. The molecule has 0 unspecified atom stereocenters. The van der Waals surface area contributed by atoms with Crippen LogP contribution in [0.15, 0.2) is 60.7 Å². The van der Waals surface area contributed by atoms with E-state index < -0.39 is 5.67 Å². The molecule has 0 saturated carbocycles. The Morgan fingerprint density at radius 1 is 0.950 bits per heavy atom. The molecule has 0 N–H and O–H groups in total. The fourth-order valence-corrected chi connectivity index (χ4v) is 3.33. The first kappa shape index (κ1) is 13.3. The molecule has 2 heteroatoms. The predicted octanol–water partition coefficient (Wildman–Crippen LogP) is 3.99. The second-order valence-corrected chi connectivity index (χ2v) is 5.58. The fourth-order valence-electron chi connectivity index (χ4n) is 3.33. The fraction of sp³-hybridized carbons (Fsp3) is 0.333. The number of hydrogen-bond donors (Lipinski definition) is 0. The van der Waals surface area contributed by atoms with Crippen LogP contribution in [-0.2, 0) is 5.67 Å². The van der Waals surface area contributed by atoms with Crippen LogP contribution < -0.4 is 0 Å². The van der Waals surface area contributed by atoms with E-state index in [0.29, 0.717) is 0 Å². The number of rotatable bonds is 3. The zero-order valence-corrected chi connectivity index (χ0v) is 11.8. The molecule has 0 bridgehead atoms. The van der Waals surface area contributed by atoms with Gasteiger partial charge in [0.2, 0.25) is 0 Å². The Bertz CT molecular complexity index is 513. The monoisotopic (exact) mass is 269 g/mol. The SMILES string of the molecule is CN1CCC[C@H]1C(F)(c1ccccc1)c1ccccc1. The van der Waals surface area contributed by atoms with E-state index in [2.05, 4.69) is 4.90 Å². The van der Waals surface area contributed by atoms with Gasteiger partial charge in [-0.2, -0.15) is 0 Å². The summed E-state index contributed by atoms with van der Waals surface area (Å²) in [6.07, 6.45) is 1.96. The molecule has 0 spiro atoms. The topological polar surface area (TPSA) is 3.24 Å². The van der Waals surface area contributed by atoms with Gasteiger partial charge >= 0.3 is 0 Å².